The molecule has 0 bridgehead atoms. The number of halogens is 1. The molecule has 0 radical (unpaired) electrons. The molecular formula is C19H21ClN6. The van der Waals surface area contributed by atoms with E-state index in [2.05, 4.69) is 56.7 Å². The van der Waals surface area contributed by atoms with E-state index in [-0.39, 0.29) is 0 Å². The lowest BCUT2D eigenvalue weighted by molar-refractivity contribution is 0.866. The molecule has 0 unspecified atom stereocenters. The van der Waals surface area contributed by atoms with Crippen LogP contribution in [0.4, 0.5) is 28.8 Å². The zero-order chi connectivity index (χ0) is 18.4. The van der Waals surface area contributed by atoms with E-state index >= 15 is 0 Å². The van der Waals surface area contributed by atoms with Gasteiger partial charge in [-0.2, -0.15) is 10.1 Å². The highest BCUT2D eigenvalue weighted by molar-refractivity contribution is 6.30. The number of aromatic nitrogens is 3. The predicted octanol–water partition coefficient (Wildman–Crippen LogP) is 4.86. The third-order valence-electron chi connectivity index (χ3n) is 3.91. The summed E-state index contributed by atoms with van der Waals surface area (Å²) in [5.41, 5.74) is 2.94. The van der Waals surface area contributed by atoms with Crippen molar-refractivity contribution >= 4 is 40.4 Å². The van der Waals surface area contributed by atoms with Crippen LogP contribution < -0.4 is 15.5 Å². The molecule has 0 amide bonds. The van der Waals surface area contributed by atoms with Gasteiger partial charge in [-0.3, -0.25) is 0 Å². The third-order valence-corrected chi connectivity index (χ3v) is 4.14. The molecule has 2 N–H and O–H groups in total. The van der Waals surface area contributed by atoms with Crippen LogP contribution in [0.3, 0.4) is 0 Å². The smallest absolute Gasteiger partial charge is 0.249 e. The largest absolute Gasteiger partial charge is 0.372 e. The summed E-state index contributed by atoms with van der Waals surface area (Å²) < 4.78 is 0. The van der Waals surface area contributed by atoms with Gasteiger partial charge in [0.2, 0.25) is 5.95 Å². The van der Waals surface area contributed by atoms with Crippen LogP contribution in [0.2, 0.25) is 5.02 Å². The van der Waals surface area contributed by atoms with Gasteiger partial charge in [-0.05, 0) is 56.3 Å². The molecule has 3 aromatic rings. The third kappa shape index (κ3) is 4.61. The van der Waals surface area contributed by atoms with E-state index in [4.69, 9.17) is 11.6 Å². The summed E-state index contributed by atoms with van der Waals surface area (Å²) >= 11 is 6.00. The molecule has 1 aromatic heterocycles. The summed E-state index contributed by atoms with van der Waals surface area (Å²) in [6, 6.07) is 15.6. The monoisotopic (exact) mass is 368 g/mol. The second-order valence-electron chi connectivity index (χ2n) is 5.64. The van der Waals surface area contributed by atoms with Crippen molar-refractivity contribution in [2.75, 3.05) is 28.6 Å². The van der Waals surface area contributed by atoms with Gasteiger partial charge in [0.05, 0.1) is 6.20 Å². The maximum Gasteiger partial charge on any atom is 0.249 e. The first-order valence-electron chi connectivity index (χ1n) is 8.52. The fourth-order valence-electron chi connectivity index (χ4n) is 2.60. The summed E-state index contributed by atoms with van der Waals surface area (Å²) in [5.74, 6) is 1.01. The maximum absolute atomic E-state index is 6.00. The first kappa shape index (κ1) is 17.9. The molecule has 0 aliphatic rings. The maximum atomic E-state index is 6.00. The summed E-state index contributed by atoms with van der Waals surface area (Å²) in [5, 5.41) is 15.0. The van der Waals surface area contributed by atoms with Gasteiger partial charge in [0.25, 0.3) is 0 Å². The highest BCUT2D eigenvalue weighted by atomic mass is 35.5. The SMILES string of the molecule is CCN(CC)c1ccc(Nc2nncc(Nc3cccc(Cl)c3)n2)cc1. The molecule has 134 valence electrons. The number of benzene rings is 2. The second kappa shape index (κ2) is 8.49. The second-order valence-corrected chi connectivity index (χ2v) is 6.08. The molecule has 0 aliphatic carbocycles. The Morgan fingerprint density at radius 1 is 0.962 bits per heavy atom. The van der Waals surface area contributed by atoms with Gasteiger partial charge >= 0.3 is 0 Å². The van der Waals surface area contributed by atoms with Crippen LogP contribution >= 0.6 is 11.6 Å². The van der Waals surface area contributed by atoms with Gasteiger partial charge < -0.3 is 15.5 Å². The van der Waals surface area contributed by atoms with E-state index in [1.807, 2.05) is 36.4 Å². The Bertz CT molecular complexity index is 849. The molecule has 7 heteroatoms. The van der Waals surface area contributed by atoms with Gasteiger partial charge in [0.1, 0.15) is 0 Å². The fraction of sp³-hybridized carbons (Fsp3) is 0.211. The van der Waals surface area contributed by atoms with E-state index in [0.29, 0.717) is 16.8 Å². The fourth-order valence-corrected chi connectivity index (χ4v) is 2.79. The molecule has 0 saturated carbocycles. The number of rotatable bonds is 7. The van der Waals surface area contributed by atoms with Crippen molar-refractivity contribution in [3.8, 4) is 0 Å². The Kier molecular flexibility index (Phi) is 5.86. The molecule has 0 spiro atoms. The van der Waals surface area contributed by atoms with Crippen LogP contribution in [0.25, 0.3) is 0 Å². The number of hydrogen-bond donors (Lipinski definition) is 2. The van der Waals surface area contributed by atoms with Gasteiger partial charge in [-0.1, -0.05) is 17.7 Å². The first-order chi connectivity index (χ1) is 12.7. The average Bonchev–Trinajstić information content (AvgIpc) is 2.64. The van der Waals surface area contributed by atoms with Gasteiger partial charge in [-0.15, -0.1) is 5.10 Å². The van der Waals surface area contributed by atoms with Crippen molar-refractivity contribution < 1.29 is 0 Å². The topological polar surface area (TPSA) is 66.0 Å². The van der Waals surface area contributed by atoms with Crippen LogP contribution in [0.15, 0.2) is 54.7 Å². The highest BCUT2D eigenvalue weighted by Gasteiger charge is 2.04. The zero-order valence-corrected chi connectivity index (χ0v) is 15.5. The van der Waals surface area contributed by atoms with Crippen LogP contribution in [0.5, 0.6) is 0 Å². The van der Waals surface area contributed by atoms with Gasteiger partial charge in [0, 0.05) is 35.2 Å². The number of anilines is 5. The number of nitrogens with zero attached hydrogens (tertiary/aromatic N) is 4. The van der Waals surface area contributed by atoms with Gasteiger partial charge in [-0.25, -0.2) is 0 Å². The molecule has 1 heterocycles. The minimum absolute atomic E-state index is 0.424. The molecule has 6 nitrogen and oxygen atoms in total. The van der Waals surface area contributed by atoms with Crippen molar-refractivity contribution in [1.82, 2.24) is 15.2 Å². The minimum atomic E-state index is 0.424. The quantitative estimate of drug-likeness (QED) is 0.621. The van der Waals surface area contributed by atoms with Crippen molar-refractivity contribution in [2.45, 2.75) is 13.8 Å². The van der Waals surface area contributed by atoms with Crippen molar-refractivity contribution in [2.24, 2.45) is 0 Å². The minimum Gasteiger partial charge on any atom is -0.372 e. The van der Waals surface area contributed by atoms with Crippen molar-refractivity contribution in [3.05, 3.63) is 59.8 Å². The normalized spacial score (nSPS) is 10.4. The molecular weight excluding hydrogens is 348 g/mol. The standard InChI is InChI=1S/C19H21ClN6/c1-3-26(4-2)17-10-8-15(9-11-17)23-19-24-18(13-21-25-19)22-16-7-5-6-14(20)12-16/h5-13H,3-4H2,1-2H3,(H2,22,23,24,25). The van der Waals surface area contributed by atoms with Crippen LogP contribution in [0, 0.1) is 0 Å². The zero-order valence-electron chi connectivity index (χ0n) is 14.8. The average molecular weight is 369 g/mol. The highest BCUT2D eigenvalue weighted by Crippen LogP contribution is 2.21. The predicted molar refractivity (Wildman–Crippen MR) is 108 cm³/mol. The Morgan fingerprint density at radius 2 is 1.73 bits per heavy atom. The Balaban J connectivity index is 1.70. The Labute approximate surface area is 158 Å². The molecule has 3 rings (SSSR count). The first-order valence-corrected chi connectivity index (χ1v) is 8.90. The van der Waals surface area contributed by atoms with Crippen LogP contribution in [0.1, 0.15) is 13.8 Å². The molecule has 26 heavy (non-hydrogen) atoms. The molecule has 2 aromatic carbocycles. The van der Waals surface area contributed by atoms with E-state index in [1.165, 1.54) is 5.69 Å². The van der Waals surface area contributed by atoms with E-state index < -0.39 is 0 Å². The van der Waals surface area contributed by atoms with E-state index in [9.17, 15) is 0 Å². The molecule has 0 fully saturated rings. The molecule has 0 aliphatic heterocycles. The Morgan fingerprint density at radius 3 is 2.42 bits per heavy atom. The van der Waals surface area contributed by atoms with E-state index in [0.717, 1.165) is 24.5 Å². The summed E-state index contributed by atoms with van der Waals surface area (Å²) in [7, 11) is 0. The number of hydrogen-bond acceptors (Lipinski definition) is 6. The lowest BCUT2D eigenvalue weighted by Crippen LogP contribution is -2.21. The molecule has 0 atom stereocenters. The summed E-state index contributed by atoms with van der Waals surface area (Å²) in [4.78, 5) is 6.72. The summed E-state index contributed by atoms with van der Waals surface area (Å²) in [6.45, 7) is 6.25. The lowest BCUT2D eigenvalue weighted by atomic mass is 10.2. The van der Waals surface area contributed by atoms with Crippen molar-refractivity contribution in [1.29, 1.82) is 0 Å². The Hall–Kier alpha value is -2.86. The van der Waals surface area contributed by atoms with E-state index in [1.54, 1.807) is 6.20 Å². The van der Waals surface area contributed by atoms with Crippen LogP contribution in [-0.2, 0) is 0 Å². The lowest BCUT2D eigenvalue weighted by Gasteiger charge is -2.21. The van der Waals surface area contributed by atoms with Gasteiger partial charge in [0.15, 0.2) is 5.82 Å². The molecule has 0 saturated heterocycles. The van der Waals surface area contributed by atoms with Crippen LogP contribution in [-0.4, -0.2) is 28.3 Å². The number of nitrogens with one attached hydrogen (secondary N) is 2. The van der Waals surface area contributed by atoms with Crippen molar-refractivity contribution in [3.63, 3.8) is 0 Å². The summed E-state index contributed by atoms with van der Waals surface area (Å²) in [6.07, 6.45) is 1.57.